The molecule has 8 atom stereocenters. The molecule has 156 valence electrons. The van der Waals surface area contributed by atoms with Crippen LogP contribution in [0.5, 0.6) is 0 Å². The average Bonchev–Trinajstić information content (AvgIpc) is 2.90. The first-order chi connectivity index (χ1) is 13.1. The fourth-order valence-electron chi connectivity index (χ4n) is 7.25. The van der Waals surface area contributed by atoms with E-state index in [1.807, 2.05) is 6.92 Å². The van der Waals surface area contributed by atoms with Crippen molar-refractivity contribution in [3.05, 3.63) is 11.6 Å². The van der Waals surface area contributed by atoms with Gasteiger partial charge in [0.1, 0.15) is 7.11 Å². The minimum Gasteiger partial charge on any atom is -0.399 e. The monoisotopic (exact) mass is 391 g/mol. The van der Waals surface area contributed by atoms with Crippen molar-refractivity contribution >= 4 is 11.5 Å². The number of aliphatic hydroxyl groups excluding tert-OH is 2. The first-order valence-corrected chi connectivity index (χ1v) is 10.5. The van der Waals surface area contributed by atoms with Gasteiger partial charge in [-0.05, 0) is 68.4 Å². The maximum atomic E-state index is 13.1. The van der Waals surface area contributed by atoms with Crippen molar-refractivity contribution in [2.24, 2.45) is 33.7 Å². The quantitative estimate of drug-likeness (QED) is 0.495. The van der Waals surface area contributed by atoms with Crippen LogP contribution in [-0.4, -0.2) is 51.7 Å². The van der Waals surface area contributed by atoms with Gasteiger partial charge in [0.05, 0.1) is 23.5 Å². The molecule has 0 radical (unpaired) electrons. The zero-order chi connectivity index (χ0) is 20.5. The van der Waals surface area contributed by atoms with E-state index in [9.17, 15) is 20.1 Å². The summed E-state index contributed by atoms with van der Waals surface area (Å²) in [6, 6.07) is 0. The molecule has 0 aliphatic heterocycles. The number of rotatable bonds is 2. The lowest BCUT2D eigenvalue weighted by molar-refractivity contribution is -0.151. The summed E-state index contributed by atoms with van der Waals surface area (Å²) in [5.41, 5.74) is -0.123. The lowest BCUT2D eigenvalue weighted by Crippen LogP contribution is -2.60. The van der Waals surface area contributed by atoms with Gasteiger partial charge in [-0.3, -0.25) is 4.79 Å². The topological polar surface area (TPSA) is 99.4 Å². The maximum Gasteiger partial charge on any atom is 0.159 e. The highest BCUT2D eigenvalue weighted by Gasteiger charge is 2.66. The van der Waals surface area contributed by atoms with E-state index >= 15 is 0 Å². The molecule has 0 amide bonds. The molecule has 0 bridgehead atoms. The summed E-state index contributed by atoms with van der Waals surface area (Å²) < 4.78 is 0. The summed E-state index contributed by atoms with van der Waals surface area (Å²) in [6.45, 7) is 6.14. The molecule has 4 rings (SSSR count). The van der Waals surface area contributed by atoms with Gasteiger partial charge in [-0.2, -0.15) is 0 Å². The fourth-order valence-corrected chi connectivity index (χ4v) is 7.25. The molecule has 3 fully saturated rings. The molecular formula is C22H33NO5. The molecule has 0 aromatic rings. The van der Waals surface area contributed by atoms with E-state index in [4.69, 9.17) is 4.84 Å². The molecule has 3 N–H and O–H groups in total. The van der Waals surface area contributed by atoms with Crippen molar-refractivity contribution < 1.29 is 25.0 Å². The third-order valence-corrected chi connectivity index (χ3v) is 8.86. The number of oxime groups is 1. The van der Waals surface area contributed by atoms with Crippen LogP contribution < -0.4 is 0 Å². The van der Waals surface area contributed by atoms with Gasteiger partial charge in [0.15, 0.2) is 5.78 Å². The van der Waals surface area contributed by atoms with Gasteiger partial charge in [-0.15, -0.1) is 0 Å². The molecule has 6 nitrogen and oxygen atoms in total. The molecule has 4 aliphatic carbocycles. The number of allylic oxidation sites excluding steroid dienone is 1. The molecular weight excluding hydrogens is 358 g/mol. The van der Waals surface area contributed by atoms with Gasteiger partial charge in [0.25, 0.3) is 0 Å². The SMILES string of the molecule is CO/N=C(/C)[C@H]1CC[C@@]2(O)C3=CC(=O)[C@@H]4C[C@@H](O)[C@@H](O)C[C@]4(C)C3CC[C@]12C. The highest BCUT2D eigenvalue weighted by molar-refractivity contribution is 5.95. The maximum absolute atomic E-state index is 13.1. The Morgan fingerprint density at radius 2 is 1.89 bits per heavy atom. The van der Waals surface area contributed by atoms with Gasteiger partial charge in [0.2, 0.25) is 0 Å². The summed E-state index contributed by atoms with van der Waals surface area (Å²) in [5.74, 6) is -0.141. The number of hydrogen-bond donors (Lipinski definition) is 3. The summed E-state index contributed by atoms with van der Waals surface area (Å²) >= 11 is 0. The van der Waals surface area contributed by atoms with Gasteiger partial charge in [-0.1, -0.05) is 19.0 Å². The zero-order valence-electron chi connectivity index (χ0n) is 17.3. The van der Waals surface area contributed by atoms with Crippen LogP contribution >= 0.6 is 0 Å². The van der Waals surface area contributed by atoms with Crippen molar-refractivity contribution in [3.63, 3.8) is 0 Å². The third-order valence-electron chi connectivity index (χ3n) is 8.86. The van der Waals surface area contributed by atoms with Crippen LogP contribution in [0, 0.1) is 28.6 Å². The van der Waals surface area contributed by atoms with E-state index in [0.29, 0.717) is 19.3 Å². The van der Waals surface area contributed by atoms with Crippen molar-refractivity contribution in [2.45, 2.75) is 77.1 Å². The number of nitrogens with zero attached hydrogens (tertiary/aromatic N) is 1. The summed E-state index contributed by atoms with van der Waals surface area (Å²) in [6.07, 6.45) is 3.83. The molecule has 1 unspecified atom stereocenters. The normalized spacial score (nSPS) is 51.1. The Labute approximate surface area is 166 Å². The van der Waals surface area contributed by atoms with Crippen molar-refractivity contribution in [1.29, 1.82) is 0 Å². The molecule has 6 heteroatoms. The van der Waals surface area contributed by atoms with Crippen molar-refractivity contribution in [3.8, 4) is 0 Å². The Bertz CT molecular complexity index is 747. The molecule has 28 heavy (non-hydrogen) atoms. The Balaban J connectivity index is 1.77. The molecule has 0 aromatic heterocycles. The predicted octanol–water partition coefficient (Wildman–Crippen LogP) is 2.21. The van der Waals surface area contributed by atoms with Crippen LogP contribution in [0.4, 0.5) is 0 Å². The summed E-state index contributed by atoms with van der Waals surface area (Å²) in [4.78, 5) is 18.1. The highest BCUT2D eigenvalue weighted by Crippen LogP contribution is 2.67. The number of aliphatic hydroxyl groups is 3. The third kappa shape index (κ3) is 2.44. The number of hydrogen-bond acceptors (Lipinski definition) is 6. The minimum absolute atomic E-state index is 0.0110. The average molecular weight is 392 g/mol. The summed E-state index contributed by atoms with van der Waals surface area (Å²) in [5, 5.41) is 36.6. The van der Waals surface area contributed by atoms with Gasteiger partial charge >= 0.3 is 0 Å². The van der Waals surface area contributed by atoms with Gasteiger partial charge in [-0.25, -0.2) is 0 Å². The molecule has 0 spiro atoms. The van der Waals surface area contributed by atoms with Crippen LogP contribution in [0.25, 0.3) is 0 Å². The minimum atomic E-state index is -1.05. The van der Waals surface area contributed by atoms with E-state index in [1.165, 1.54) is 7.11 Å². The fraction of sp³-hybridized carbons (Fsp3) is 0.818. The molecule has 3 saturated carbocycles. The van der Waals surface area contributed by atoms with E-state index in [2.05, 4.69) is 19.0 Å². The Kier molecular flexibility index (Phi) is 4.57. The Morgan fingerprint density at radius 3 is 2.57 bits per heavy atom. The Morgan fingerprint density at radius 1 is 1.18 bits per heavy atom. The van der Waals surface area contributed by atoms with Crippen LogP contribution in [0.1, 0.15) is 59.3 Å². The molecule has 4 aliphatic rings. The van der Waals surface area contributed by atoms with Gasteiger partial charge < -0.3 is 20.2 Å². The van der Waals surface area contributed by atoms with Crippen molar-refractivity contribution in [2.75, 3.05) is 7.11 Å². The van der Waals surface area contributed by atoms with Gasteiger partial charge in [0, 0.05) is 17.3 Å². The van der Waals surface area contributed by atoms with E-state index in [1.54, 1.807) is 6.08 Å². The standard InChI is InChI=1S/C22H33NO5/c1-12(23-28-4)13-6-8-22(27)15-9-17(24)16-10-18(25)19(26)11-20(16,2)14(15)5-7-21(13,22)3/h9,13-14,16,18-19,25-27H,5-8,10-11H2,1-4H3/b23-12-/t13-,14?,16+,18-,19+,20-,21-,22-/m1/s1. The molecule has 0 saturated heterocycles. The molecule has 0 heterocycles. The predicted molar refractivity (Wildman–Crippen MR) is 105 cm³/mol. The number of ketones is 1. The highest BCUT2D eigenvalue weighted by atomic mass is 16.6. The zero-order valence-corrected chi connectivity index (χ0v) is 17.3. The number of carbonyl (C=O) groups is 1. The number of carbonyl (C=O) groups excluding carboxylic acids is 1. The van der Waals surface area contributed by atoms with Crippen LogP contribution in [0.3, 0.4) is 0 Å². The lowest BCUT2D eigenvalue weighted by Gasteiger charge is -2.59. The first-order valence-electron chi connectivity index (χ1n) is 10.5. The summed E-state index contributed by atoms with van der Waals surface area (Å²) in [7, 11) is 1.54. The second kappa shape index (κ2) is 6.38. The van der Waals surface area contributed by atoms with E-state index in [-0.39, 0.29) is 23.5 Å². The van der Waals surface area contributed by atoms with E-state index < -0.39 is 28.6 Å². The second-order valence-electron chi connectivity index (χ2n) is 10.0. The van der Waals surface area contributed by atoms with Crippen molar-refractivity contribution in [1.82, 2.24) is 0 Å². The smallest absolute Gasteiger partial charge is 0.159 e. The van der Waals surface area contributed by atoms with Crippen LogP contribution in [0.2, 0.25) is 0 Å². The molecule has 0 aromatic carbocycles. The van der Waals surface area contributed by atoms with Crippen LogP contribution in [-0.2, 0) is 9.63 Å². The van der Waals surface area contributed by atoms with Crippen LogP contribution in [0.15, 0.2) is 16.8 Å². The largest absolute Gasteiger partial charge is 0.399 e. The second-order valence-corrected chi connectivity index (χ2v) is 10.0. The first kappa shape index (κ1) is 20.0. The lowest BCUT2D eigenvalue weighted by atomic mass is 9.46. The number of fused-ring (bicyclic) bond motifs is 5. The Hall–Kier alpha value is -1.24. The van der Waals surface area contributed by atoms with E-state index in [0.717, 1.165) is 30.5 Å².